The molecule has 4 atom stereocenters. The van der Waals surface area contributed by atoms with Crippen molar-refractivity contribution < 1.29 is 4.74 Å². The molecule has 2 aromatic carbocycles. The lowest BCUT2D eigenvalue weighted by atomic mass is 9.95. The third-order valence-electron chi connectivity index (χ3n) is 6.68. The summed E-state index contributed by atoms with van der Waals surface area (Å²) in [6.07, 6.45) is 3.52. The molecule has 0 spiro atoms. The van der Waals surface area contributed by atoms with Gasteiger partial charge in [0.15, 0.2) is 5.96 Å². The number of aliphatic imine (C=N–C) groups is 1. The average molecular weight is 549 g/mol. The van der Waals surface area contributed by atoms with Gasteiger partial charge in [0.1, 0.15) is 0 Å². The van der Waals surface area contributed by atoms with E-state index in [1.54, 1.807) is 0 Å². The third-order valence-corrected chi connectivity index (χ3v) is 6.68. The van der Waals surface area contributed by atoms with E-state index in [2.05, 4.69) is 88.1 Å². The first-order valence-electron chi connectivity index (χ1n) is 11.6. The van der Waals surface area contributed by atoms with Crippen molar-refractivity contribution in [2.45, 2.75) is 50.9 Å². The van der Waals surface area contributed by atoms with Crippen LogP contribution in [-0.2, 0) is 11.3 Å². The summed E-state index contributed by atoms with van der Waals surface area (Å²) in [5, 5.41) is 7.24. The molecule has 4 unspecified atom stereocenters. The Kier molecular flexibility index (Phi) is 9.81. The summed E-state index contributed by atoms with van der Waals surface area (Å²) in [6, 6.07) is 22.4. The number of guanidine groups is 1. The molecule has 0 bridgehead atoms. The summed E-state index contributed by atoms with van der Waals surface area (Å²) in [4.78, 5) is 7.08. The van der Waals surface area contributed by atoms with Crippen LogP contribution in [0.15, 0.2) is 65.7 Å². The molecule has 2 aliphatic heterocycles. The summed E-state index contributed by atoms with van der Waals surface area (Å²) in [5.41, 5.74) is 2.67. The lowest BCUT2D eigenvalue weighted by Crippen LogP contribution is -2.51. The summed E-state index contributed by atoms with van der Waals surface area (Å²) in [7, 11) is 1.86. The number of hydrogen-bond donors (Lipinski definition) is 2. The molecule has 0 aromatic heterocycles. The van der Waals surface area contributed by atoms with E-state index in [0.29, 0.717) is 18.0 Å². The van der Waals surface area contributed by atoms with Gasteiger partial charge in [0, 0.05) is 51.3 Å². The highest BCUT2D eigenvalue weighted by molar-refractivity contribution is 14.0. The number of rotatable bonds is 6. The van der Waals surface area contributed by atoms with Gasteiger partial charge in [-0.3, -0.25) is 9.89 Å². The Morgan fingerprint density at radius 2 is 1.78 bits per heavy atom. The first kappa shape index (κ1) is 25.0. The van der Waals surface area contributed by atoms with E-state index < -0.39 is 0 Å². The Labute approximate surface area is 210 Å². The molecular weight excluding hydrogens is 511 g/mol. The topological polar surface area (TPSA) is 48.9 Å². The molecular formula is C26H37IN4O. The highest BCUT2D eigenvalue weighted by atomic mass is 127. The molecule has 0 amide bonds. The Morgan fingerprint density at radius 3 is 2.47 bits per heavy atom. The van der Waals surface area contributed by atoms with Crippen LogP contribution in [0.25, 0.3) is 0 Å². The van der Waals surface area contributed by atoms with Gasteiger partial charge < -0.3 is 15.4 Å². The van der Waals surface area contributed by atoms with Crippen LogP contribution in [0.4, 0.5) is 0 Å². The first-order chi connectivity index (χ1) is 15.2. The van der Waals surface area contributed by atoms with E-state index in [0.717, 1.165) is 51.5 Å². The fraction of sp³-hybridized carbons (Fsp3) is 0.500. The molecule has 2 fully saturated rings. The molecule has 2 saturated heterocycles. The van der Waals surface area contributed by atoms with Gasteiger partial charge in [-0.2, -0.15) is 0 Å². The summed E-state index contributed by atoms with van der Waals surface area (Å²) in [5.74, 6) is 1.38. The van der Waals surface area contributed by atoms with Crippen LogP contribution in [0, 0.1) is 5.92 Å². The molecule has 2 aromatic rings. The van der Waals surface area contributed by atoms with Crippen molar-refractivity contribution in [1.29, 1.82) is 0 Å². The summed E-state index contributed by atoms with van der Waals surface area (Å²) in [6.45, 7) is 6.19. The molecule has 0 aliphatic carbocycles. The fourth-order valence-electron chi connectivity index (χ4n) is 4.87. The smallest absolute Gasteiger partial charge is 0.191 e. The second-order valence-electron chi connectivity index (χ2n) is 8.87. The number of benzene rings is 2. The van der Waals surface area contributed by atoms with E-state index in [1.165, 1.54) is 11.1 Å². The minimum absolute atomic E-state index is 0. The van der Waals surface area contributed by atoms with Gasteiger partial charge in [-0.25, -0.2) is 0 Å². The number of piperidine rings is 1. The zero-order valence-corrected chi connectivity index (χ0v) is 21.6. The molecule has 2 aliphatic rings. The van der Waals surface area contributed by atoms with Crippen LogP contribution < -0.4 is 10.6 Å². The van der Waals surface area contributed by atoms with Crippen molar-refractivity contribution in [2.24, 2.45) is 10.9 Å². The van der Waals surface area contributed by atoms with Crippen LogP contribution in [-0.4, -0.2) is 49.7 Å². The molecule has 5 nitrogen and oxygen atoms in total. The monoisotopic (exact) mass is 548 g/mol. The van der Waals surface area contributed by atoms with Gasteiger partial charge in [0.2, 0.25) is 0 Å². The largest absolute Gasteiger partial charge is 0.373 e. The Morgan fingerprint density at radius 1 is 1.06 bits per heavy atom. The van der Waals surface area contributed by atoms with Crippen LogP contribution in [0.2, 0.25) is 0 Å². The molecule has 2 N–H and O–H groups in total. The Hall–Kier alpha value is -1.64. The maximum atomic E-state index is 6.04. The zero-order chi connectivity index (χ0) is 21.5. The minimum atomic E-state index is 0. The standard InChI is InChI=1S/C26H36N4O.HI/c1-20-17-24(13-15-30(20)19-21-9-5-3-6-10-21)29-26(27-2)28-18-23-14-16-31-25(23)22-11-7-4-8-12-22;/h3-12,20,23-25H,13-19H2,1-2H3,(H2,27,28,29);1H. The number of likely N-dealkylation sites (tertiary alicyclic amines) is 1. The van der Waals surface area contributed by atoms with E-state index in [1.807, 2.05) is 7.05 Å². The number of ether oxygens (including phenoxy) is 1. The second-order valence-corrected chi connectivity index (χ2v) is 8.87. The van der Waals surface area contributed by atoms with Crippen molar-refractivity contribution in [2.75, 3.05) is 26.7 Å². The van der Waals surface area contributed by atoms with Crippen molar-refractivity contribution in [3.8, 4) is 0 Å². The number of hydrogen-bond acceptors (Lipinski definition) is 3. The molecule has 174 valence electrons. The van der Waals surface area contributed by atoms with Gasteiger partial charge in [0.05, 0.1) is 6.10 Å². The van der Waals surface area contributed by atoms with Crippen LogP contribution in [0.5, 0.6) is 0 Å². The quantitative estimate of drug-likeness (QED) is 0.315. The predicted octanol–water partition coefficient (Wildman–Crippen LogP) is 4.60. The Balaban J connectivity index is 0.00000289. The second kappa shape index (κ2) is 12.6. The Bertz CT molecular complexity index is 832. The van der Waals surface area contributed by atoms with Gasteiger partial charge in [-0.15, -0.1) is 24.0 Å². The van der Waals surface area contributed by atoms with Gasteiger partial charge >= 0.3 is 0 Å². The van der Waals surface area contributed by atoms with Crippen LogP contribution in [0.3, 0.4) is 0 Å². The molecule has 0 radical (unpaired) electrons. The number of nitrogens with zero attached hydrogens (tertiary/aromatic N) is 2. The number of nitrogens with one attached hydrogen (secondary N) is 2. The zero-order valence-electron chi connectivity index (χ0n) is 19.2. The van der Waals surface area contributed by atoms with Crippen molar-refractivity contribution in [1.82, 2.24) is 15.5 Å². The lowest BCUT2D eigenvalue weighted by molar-refractivity contribution is 0.0914. The predicted molar refractivity (Wildman–Crippen MR) is 142 cm³/mol. The average Bonchev–Trinajstić information content (AvgIpc) is 3.28. The minimum Gasteiger partial charge on any atom is -0.373 e. The van der Waals surface area contributed by atoms with Gasteiger partial charge in [-0.05, 0) is 37.3 Å². The SMILES string of the molecule is CN=C(NCC1CCOC1c1ccccc1)NC1CCN(Cc2ccccc2)C(C)C1.I. The van der Waals surface area contributed by atoms with E-state index in [-0.39, 0.29) is 30.1 Å². The van der Waals surface area contributed by atoms with E-state index >= 15 is 0 Å². The van der Waals surface area contributed by atoms with Gasteiger partial charge in [0.25, 0.3) is 0 Å². The van der Waals surface area contributed by atoms with E-state index in [9.17, 15) is 0 Å². The fourth-order valence-corrected chi connectivity index (χ4v) is 4.87. The summed E-state index contributed by atoms with van der Waals surface area (Å²) < 4.78 is 6.04. The highest BCUT2D eigenvalue weighted by Crippen LogP contribution is 2.33. The van der Waals surface area contributed by atoms with Crippen molar-refractivity contribution >= 4 is 29.9 Å². The molecule has 2 heterocycles. The highest BCUT2D eigenvalue weighted by Gasteiger charge is 2.30. The normalized spacial score (nSPS) is 26.4. The third kappa shape index (κ3) is 6.68. The first-order valence-corrected chi connectivity index (χ1v) is 11.6. The maximum Gasteiger partial charge on any atom is 0.191 e. The molecule has 6 heteroatoms. The van der Waals surface area contributed by atoms with Crippen LogP contribution in [0.1, 0.15) is 43.4 Å². The van der Waals surface area contributed by atoms with Gasteiger partial charge in [-0.1, -0.05) is 60.7 Å². The molecule has 4 rings (SSSR count). The summed E-state index contributed by atoms with van der Waals surface area (Å²) >= 11 is 0. The van der Waals surface area contributed by atoms with Crippen LogP contribution >= 0.6 is 24.0 Å². The maximum absolute atomic E-state index is 6.04. The molecule has 0 saturated carbocycles. The van der Waals surface area contributed by atoms with Crippen molar-refractivity contribution in [3.63, 3.8) is 0 Å². The number of halogens is 1. The lowest BCUT2D eigenvalue weighted by Gasteiger charge is -2.38. The molecule has 32 heavy (non-hydrogen) atoms. The van der Waals surface area contributed by atoms with Crippen molar-refractivity contribution in [3.05, 3.63) is 71.8 Å². The van der Waals surface area contributed by atoms with E-state index in [4.69, 9.17) is 4.74 Å².